The van der Waals surface area contributed by atoms with Crippen molar-refractivity contribution < 1.29 is 27.5 Å². The van der Waals surface area contributed by atoms with Crippen LogP contribution in [0.25, 0.3) is 6.08 Å². The lowest BCUT2D eigenvalue weighted by molar-refractivity contribution is -0.137. The van der Waals surface area contributed by atoms with Crippen LogP contribution in [0.3, 0.4) is 0 Å². The molecule has 0 aliphatic carbocycles. The van der Waals surface area contributed by atoms with Gasteiger partial charge in [0.25, 0.3) is 5.91 Å². The zero-order valence-electron chi connectivity index (χ0n) is 16.2. The van der Waals surface area contributed by atoms with Crippen molar-refractivity contribution in [3.63, 3.8) is 0 Å². The minimum absolute atomic E-state index is 0.276. The number of rotatable bonds is 6. The maximum atomic E-state index is 12.6. The number of hydrogen-bond donors (Lipinski definition) is 1. The molecular weight excluding hydrogens is 408 g/mol. The Bertz CT molecular complexity index is 1110. The molecule has 1 N–H and O–H groups in total. The van der Waals surface area contributed by atoms with E-state index in [1.807, 2.05) is 0 Å². The predicted molar refractivity (Wildman–Crippen MR) is 111 cm³/mol. The maximum Gasteiger partial charge on any atom is 0.330 e. The largest absolute Gasteiger partial charge is 0.463 e. The average Bonchev–Trinajstić information content (AvgIpc) is 2.70. The first kappa shape index (κ1) is 21.3. The number of sulfonamides is 1. The Labute approximate surface area is 174 Å². The van der Waals surface area contributed by atoms with E-state index in [1.54, 1.807) is 61.5 Å². The molecule has 0 unspecified atom stereocenters. The van der Waals surface area contributed by atoms with E-state index in [-0.39, 0.29) is 17.9 Å². The smallest absolute Gasteiger partial charge is 0.330 e. The van der Waals surface area contributed by atoms with Crippen LogP contribution in [0.1, 0.15) is 28.4 Å². The topological polar surface area (TPSA) is 110 Å². The summed E-state index contributed by atoms with van der Waals surface area (Å²) in [5.41, 5.74) is 1.84. The number of esters is 1. The maximum absolute atomic E-state index is 12.6. The highest BCUT2D eigenvalue weighted by Gasteiger charge is 2.36. The summed E-state index contributed by atoms with van der Waals surface area (Å²) in [4.78, 5) is 36.2. The SMILES string of the molecule is CCOC(=O)/C=C/c1ccc(NC(=O)CN2C(=O)c3ccccc3CS2(=O)=O)cc1. The molecule has 8 nitrogen and oxygen atoms in total. The molecule has 0 spiro atoms. The zero-order valence-corrected chi connectivity index (χ0v) is 17.0. The molecule has 1 aliphatic rings. The van der Waals surface area contributed by atoms with Crippen LogP contribution in [-0.4, -0.2) is 43.7 Å². The van der Waals surface area contributed by atoms with Crippen LogP contribution < -0.4 is 5.32 Å². The van der Waals surface area contributed by atoms with Gasteiger partial charge >= 0.3 is 5.97 Å². The highest BCUT2D eigenvalue weighted by Crippen LogP contribution is 2.24. The first-order valence-corrected chi connectivity index (χ1v) is 10.8. The first-order chi connectivity index (χ1) is 14.3. The second kappa shape index (κ2) is 8.91. The summed E-state index contributed by atoms with van der Waals surface area (Å²) in [6, 6.07) is 13.0. The van der Waals surface area contributed by atoms with E-state index >= 15 is 0 Å². The van der Waals surface area contributed by atoms with Crippen LogP contribution >= 0.6 is 0 Å². The molecule has 2 aromatic carbocycles. The fourth-order valence-electron chi connectivity index (χ4n) is 2.92. The number of benzene rings is 2. The molecule has 2 amide bonds. The van der Waals surface area contributed by atoms with Crippen molar-refractivity contribution in [3.05, 3.63) is 71.3 Å². The van der Waals surface area contributed by atoms with Crippen molar-refractivity contribution in [1.29, 1.82) is 0 Å². The Morgan fingerprint density at radius 1 is 1.13 bits per heavy atom. The van der Waals surface area contributed by atoms with Gasteiger partial charge in [0.1, 0.15) is 6.54 Å². The van der Waals surface area contributed by atoms with Crippen molar-refractivity contribution >= 4 is 39.6 Å². The third-order valence-electron chi connectivity index (χ3n) is 4.33. The molecule has 0 saturated heterocycles. The summed E-state index contributed by atoms with van der Waals surface area (Å²) in [6.07, 6.45) is 2.86. The van der Waals surface area contributed by atoms with E-state index < -0.39 is 34.4 Å². The Kier molecular flexibility index (Phi) is 6.31. The molecule has 0 bridgehead atoms. The lowest BCUT2D eigenvalue weighted by Crippen LogP contribution is -2.45. The standard InChI is InChI=1S/C21H20N2O6S/c1-2-29-20(25)12-9-15-7-10-17(11-8-15)22-19(24)13-23-21(26)18-6-4-3-5-16(18)14-30(23,27)28/h3-12H,2,13-14H2,1H3,(H,22,24)/b12-9+. The number of fused-ring (bicyclic) bond motifs is 1. The summed E-state index contributed by atoms with van der Waals surface area (Å²) >= 11 is 0. The van der Waals surface area contributed by atoms with Crippen molar-refractivity contribution in [2.24, 2.45) is 0 Å². The van der Waals surface area contributed by atoms with Gasteiger partial charge in [0.05, 0.1) is 12.4 Å². The van der Waals surface area contributed by atoms with Gasteiger partial charge in [-0.15, -0.1) is 0 Å². The molecule has 0 radical (unpaired) electrons. The Morgan fingerprint density at radius 2 is 1.83 bits per heavy atom. The number of ether oxygens (including phenoxy) is 1. The normalized spacial score (nSPS) is 15.0. The molecule has 30 heavy (non-hydrogen) atoms. The van der Waals surface area contributed by atoms with Crippen LogP contribution in [-0.2, 0) is 30.1 Å². The third-order valence-corrected chi connectivity index (χ3v) is 5.97. The number of hydrogen-bond acceptors (Lipinski definition) is 6. The molecule has 2 aromatic rings. The van der Waals surface area contributed by atoms with E-state index in [4.69, 9.17) is 4.74 Å². The second-order valence-electron chi connectivity index (χ2n) is 6.48. The molecule has 9 heteroatoms. The number of carbonyl (C=O) groups is 3. The summed E-state index contributed by atoms with van der Waals surface area (Å²) < 4.78 is 30.3. The van der Waals surface area contributed by atoms with Crippen molar-refractivity contribution in [2.75, 3.05) is 18.5 Å². The monoisotopic (exact) mass is 428 g/mol. The zero-order chi connectivity index (χ0) is 21.7. The van der Waals surface area contributed by atoms with Crippen LogP contribution in [0.4, 0.5) is 5.69 Å². The lowest BCUT2D eigenvalue weighted by atomic mass is 10.1. The van der Waals surface area contributed by atoms with E-state index in [2.05, 4.69) is 5.32 Å². The summed E-state index contributed by atoms with van der Waals surface area (Å²) in [7, 11) is -3.93. The van der Waals surface area contributed by atoms with Crippen molar-refractivity contribution in [1.82, 2.24) is 4.31 Å². The molecule has 0 aromatic heterocycles. The van der Waals surface area contributed by atoms with E-state index in [0.717, 1.165) is 0 Å². The molecule has 0 saturated carbocycles. The van der Waals surface area contributed by atoms with Crippen LogP contribution in [0.15, 0.2) is 54.6 Å². The van der Waals surface area contributed by atoms with Crippen LogP contribution in [0.2, 0.25) is 0 Å². The Morgan fingerprint density at radius 3 is 2.53 bits per heavy atom. The number of nitrogens with one attached hydrogen (secondary N) is 1. The molecule has 1 aliphatic heterocycles. The van der Waals surface area contributed by atoms with Gasteiger partial charge < -0.3 is 10.1 Å². The van der Waals surface area contributed by atoms with Gasteiger partial charge in [-0.3, -0.25) is 9.59 Å². The second-order valence-corrected chi connectivity index (χ2v) is 8.37. The fraction of sp³-hybridized carbons (Fsp3) is 0.190. The van der Waals surface area contributed by atoms with E-state index in [1.165, 1.54) is 6.08 Å². The molecule has 0 fully saturated rings. The number of amides is 2. The molecule has 156 valence electrons. The van der Waals surface area contributed by atoms with E-state index in [0.29, 0.717) is 21.1 Å². The van der Waals surface area contributed by atoms with Gasteiger partial charge in [0.2, 0.25) is 15.9 Å². The van der Waals surface area contributed by atoms with Crippen molar-refractivity contribution in [3.8, 4) is 0 Å². The first-order valence-electron chi connectivity index (χ1n) is 9.17. The third kappa shape index (κ3) is 4.93. The predicted octanol–water partition coefficient (Wildman–Crippen LogP) is 2.19. The molecule has 1 heterocycles. The Balaban J connectivity index is 1.65. The summed E-state index contributed by atoms with van der Waals surface area (Å²) in [6.45, 7) is 1.39. The number of nitrogens with zero attached hydrogens (tertiary/aromatic N) is 1. The Hall–Kier alpha value is -3.46. The quantitative estimate of drug-likeness (QED) is 0.558. The van der Waals surface area contributed by atoms with Gasteiger partial charge in [-0.25, -0.2) is 17.5 Å². The van der Waals surface area contributed by atoms with Gasteiger partial charge in [0, 0.05) is 17.3 Å². The molecular formula is C21H20N2O6S. The highest BCUT2D eigenvalue weighted by molar-refractivity contribution is 7.89. The van der Waals surface area contributed by atoms with Crippen LogP contribution in [0.5, 0.6) is 0 Å². The van der Waals surface area contributed by atoms with Gasteiger partial charge in [0.15, 0.2) is 0 Å². The van der Waals surface area contributed by atoms with Crippen LogP contribution in [0, 0.1) is 0 Å². The number of anilines is 1. The summed E-state index contributed by atoms with van der Waals surface area (Å²) in [5.74, 6) is -2.14. The lowest BCUT2D eigenvalue weighted by Gasteiger charge is -2.27. The van der Waals surface area contributed by atoms with Gasteiger partial charge in [-0.2, -0.15) is 0 Å². The highest BCUT2D eigenvalue weighted by atomic mass is 32.2. The summed E-state index contributed by atoms with van der Waals surface area (Å²) in [5, 5.41) is 2.57. The van der Waals surface area contributed by atoms with E-state index in [9.17, 15) is 22.8 Å². The number of carbonyl (C=O) groups excluding carboxylic acids is 3. The average molecular weight is 428 g/mol. The molecule has 3 rings (SSSR count). The minimum Gasteiger partial charge on any atom is -0.463 e. The minimum atomic E-state index is -3.93. The fourth-order valence-corrected chi connectivity index (χ4v) is 4.39. The van der Waals surface area contributed by atoms with Gasteiger partial charge in [-0.1, -0.05) is 30.3 Å². The molecule has 0 atom stereocenters. The van der Waals surface area contributed by atoms with Gasteiger partial charge in [-0.05, 0) is 42.3 Å². The van der Waals surface area contributed by atoms with Crippen molar-refractivity contribution in [2.45, 2.75) is 12.7 Å².